The van der Waals surface area contributed by atoms with Gasteiger partial charge in [-0.05, 0) is 57.4 Å². The fourth-order valence-electron chi connectivity index (χ4n) is 4.90. The Hall–Kier alpha value is -1.13. The molecule has 4 nitrogen and oxygen atoms in total. The molecule has 4 bridgehead atoms. The summed E-state index contributed by atoms with van der Waals surface area (Å²) in [6.45, 7) is 10.6. The van der Waals surface area contributed by atoms with E-state index in [1.807, 2.05) is 0 Å². The molecule has 132 valence electrons. The normalized spacial score (nSPS) is 50.5. The number of rotatable bonds is 0. The summed E-state index contributed by atoms with van der Waals surface area (Å²) in [5.41, 5.74) is 1.67. The van der Waals surface area contributed by atoms with Gasteiger partial charge in [0.2, 0.25) is 0 Å². The number of hydrogen-bond acceptors (Lipinski definition) is 4. The third-order valence-corrected chi connectivity index (χ3v) is 6.62. The molecule has 7 atom stereocenters. The monoisotopic (exact) mass is 332 g/mol. The summed E-state index contributed by atoms with van der Waals surface area (Å²) < 4.78 is 18.7. The average molecular weight is 332 g/mol. The number of hydrogen-bond donors (Lipinski definition) is 0. The lowest BCUT2D eigenvalue weighted by atomic mass is 9.77. The van der Waals surface area contributed by atoms with Gasteiger partial charge in [0, 0.05) is 11.5 Å². The summed E-state index contributed by atoms with van der Waals surface area (Å²) in [5, 5.41) is 0. The lowest BCUT2D eigenvalue weighted by Crippen LogP contribution is -2.54. The Labute approximate surface area is 144 Å². The van der Waals surface area contributed by atoms with E-state index in [0.29, 0.717) is 11.5 Å². The van der Waals surface area contributed by atoms with Gasteiger partial charge in [0.05, 0.1) is 23.9 Å². The molecule has 4 aliphatic heterocycles. The first-order valence-corrected chi connectivity index (χ1v) is 9.29. The molecule has 0 aromatic rings. The van der Waals surface area contributed by atoms with E-state index < -0.39 is 0 Å². The number of esters is 1. The first-order chi connectivity index (χ1) is 11.4. The van der Waals surface area contributed by atoms with E-state index in [9.17, 15) is 4.79 Å². The Kier molecular flexibility index (Phi) is 3.88. The molecule has 0 radical (unpaired) electrons. The highest BCUT2D eigenvalue weighted by atomic mass is 16.6. The molecule has 4 heteroatoms. The topological polar surface area (TPSA) is 44.8 Å². The first kappa shape index (κ1) is 16.3. The van der Waals surface area contributed by atoms with Crippen molar-refractivity contribution in [2.24, 2.45) is 11.8 Å². The van der Waals surface area contributed by atoms with Gasteiger partial charge < -0.3 is 14.2 Å². The Morgan fingerprint density at radius 2 is 2.08 bits per heavy atom. The summed E-state index contributed by atoms with van der Waals surface area (Å²) in [5.74, 6) is 0.158. The maximum Gasteiger partial charge on any atom is 0.334 e. The molecule has 4 aliphatic rings. The van der Waals surface area contributed by atoms with Crippen molar-refractivity contribution in [3.63, 3.8) is 0 Å². The number of carbonyl (C=O) groups excluding carboxylic acids is 1. The zero-order chi connectivity index (χ0) is 17.1. The van der Waals surface area contributed by atoms with Crippen molar-refractivity contribution < 1.29 is 19.0 Å². The predicted octanol–water partition coefficient (Wildman–Crippen LogP) is 3.56. The third kappa shape index (κ3) is 2.46. The van der Waals surface area contributed by atoms with Crippen molar-refractivity contribution in [2.75, 3.05) is 0 Å². The van der Waals surface area contributed by atoms with Gasteiger partial charge in [-0.3, -0.25) is 0 Å². The van der Waals surface area contributed by atoms with Gasteiger partial charge in [-0.25, -0.2) is 4.79 Å². The quantitative estimate of drug-likeness (QED) is 0.386. The van der Waals surface area contributed by atoms with Gasteiger partial charge in [-0.1, -0.05) is 19.6 Å². The Morgan fingerprint density at radius 1 is 1.29 bits per heavy atom. The number of carbonyl (C=O) groups is 1. The zero-order valence-electron chi connectivity index (χ0n) is 14.9. The fourth-order valence-corrected chi connectivity index (χ4v) is 4.90. The van der Waals surface area contributed by atoms with Crippen LogP contribution < -0.4 is 0 Å². The average Bonchev–Trinajstić information content (AvgIpc) is 3.08. The number of fused-ring (bicyclic) bond motifs is 7. The summed E-state index contributed by atoms with van der Waals surface area (Å²) in [4.78, 5) is 12.1. The summed E-state index contributed by atoms with van der Waals surface area (Å²) >= 11 is 0. The smallest absolute Gasteiger partial charge is 0.334 e. The van der Waals surface area contributed by atoms with E-state index in [2.05, 4.69) is 33.4 Å². The van der Waals surface area contributed by atoms with Gasteiger partial charge in [0.15, 0.2) is 0 Å². The van der Waals surface area contributed by atoms with Crippen LogP contribution in [0.2, 0.25) is 0 Å². The van der Waals surface area contributed by atoms with Crippen LogP contribution in [0.15, 0.2) is 23.8 Å². The number of ether oxygens (including phenoxy) is 3. The van der Waals surface area contributed by atoms with Crippen LogP contribution in [0.4, 0.5) is 0 Å². The van der Waals surface area contributed by atoms with E-state index in [0.717, 1.165) is 32.1 Å². The minimum absolute atomic E-state index is 0.00616. The largest absolute Gasteiger partial charge is 0.456 e. The Morgan fingerprint density at radius 3 is 2.88 bits per heavy atom. The SMILES string of the molecule is C=C1C(=O)OC2C1CC1OC2C(C)CC/C=C(/C)C2CCC1(C)O2. The van der Waals surface area contributed by atoms with E-state index in [-0.39, 0.29) is 41.9 Å². The first-order valence-electron chi connectivity index (χ1n) is 9.29. The van der Waals surface area contributed by atoms with E-state index in [1.54, 1.807) is 0 Å². The minimum atomic E-state index is -0.293. The van der Waals surface area contributed by atoms with Crippen LogP contribution in [-0.2, 0) is 19.0 Å². The lowest BCUT2D eigenvalue weighted by Gasteiger charge is -2.45. The van der Waals surface area contributed by atoms with Crippen molar-refractivity contribution in [1.82, 2.24) is 0 Å². The maximum atomic E-state index is 12.1. The maximum absolute atomic E-state index is 12.1. The molecule has 0 spiro atoms. The second-order valence-corrected chi connectivity index (χ2v) is 8.29. The van der Waals surface area contributed by atoms with Crippen LogP contribution >= 0.6 is 0 Å². The van der Waals surface area contributed by atoms with E-state index in [1.165, 1.54) is 5.57 Å². The van der Waals surface area contributed by atoms with Gasteiger partial charge >= 0.3 is 5.97 Å². The molecule has 7 unspecified atom stereocenters. The summed E-state index contributed by atoms with van der Waals surface area (Å²) in [7, 11) is 0. The molecule has 0 aromatic heterocycles. The molecule has 4 rings (SSSR count). The Balaban J connectivity index is 1.70. The van der Waals surface area contributed by atoms with Crippen LogP contribution in [0.3, 0.4) is 0 Å². The van der Waals surface area contributed by atoms with Crippen LogP contribution in [0.5, 0.6) is 0 Å². The van der Waals surface area contributed by atoms with Crippen molar-refractivity contribution in [3.8, 4) is 0 Å². The molecule has 0 aromatic carbocycles. The molecule has 0 aliphatic carbocycles. The molecule has 3 saturated heterocycles. The van der Waals surface area contributed by atoms with Gasteiger partial charge in [-0.2, -0.15) is 0 Å². The van der Waals surface area contributed by atoms with Gasteiger partial charge in [-0.15, -0.1) is 0 Å². The van der Waals surface area contributed by atoms with Gasteiger partial charge in [0.25, 0.3) is 0 Å². The standard InChI is InChI=1S/C20H28O4/c1-11-6-5-7-12(2)17-18-14(13(3)19(21)23-18)10-16(22-17)20(4)9-8-15(11)24-20/h6,12,14-18H,3,5,7-10H2,1-2,4H3/b11-6-. The van der Waals surface area contributed by atoms with E-state index in [4.69, 9.17) is 14.2 Å². The molecular weight excluding hydrogens is 304 g/mol. The lowest BCUT2D eigenvalue weighted by molar-refractivity contribution is -0.212. The van der Waals surface area contributed by atoms with E-state index >= 15 is 0 Å². The second kappa shape index (κ2) is 5.70. The third-order valence-electron chi connectivity index (χ3n) is 6.62. The summed E-state index contributed by atoms with van der Waals surface area (Å²) in [6.07, 6.45) is 7.12. The fraction of sp³-hybridized carbons (Fsp3) is 0.750. The van der Waals surface area contributed by atoms with Gasteiger partial charge in [0.1, 0.15) is 6.10 Å². The molecule has 0 saturated carbocycles. The highest BCUT2D eigenvalue weighted by Crippen LogP contribution is 2.48. The van der Waals surface area contributed by atoms with Crippen molar-refractivity contribution >= 4 is 5.97 Å². The number of allylic oxidation sites excluding steroid dienone is 1. The second-order valence-electron chi connectivity index (χ2n) is 8.29. The van der Waals surface area contributed by atoms with Crippen LogP contribution in [0.1, 0.15) is 52.9 Å². The van der Waals surface area contributed by atoms with Crippen molar-refractivity contribution in [3.05, 3.63) is 23.8 Å². The molecular formula is C20H28O4. The minimum Gasteiger partial charge on any atom is -0.456 e. The van der Waals surface area contributed by atoms with Crippen LogP contribution in [-0.4, -0.2) is 36.0 Å². The molecule has 0 amide bonds. The molecule has 4 heterocycles. The zero-order valence-corrected chi connectivity index (χ0v) is 14.9. The Bertz CT molecular complexity index is 594. The molecule has 3 fully saturated rings. The highest BCUT2D eigenvalue weighted by Gasteiger charge is 2.55. The van der Waals surface area contributed by atoms with Crippen LogP contribution in [0, 0.1) is 11.8 Å². The molecule has 24 heavy (non-hydrogen) atoms. The predicted molar refractivity (Wildman–Crippen MR) is 90.5 cm³/mol. The van der Waals surface area contributed by atoms with Crippen molar-refractivity contribution in [1.29, 1.82) is 0 Å². The van der Waals surface area contributed by atoms with Crippen LogP contribution in [0.25, 0.3) is 0 Å². The summed E-state index contributed by atoms with van der Waals surface area (Å²) in [6, 6.07) is 0. The molecule has 0 N–H and O–H groups in total. The van der Waals surface area contributed by atoms with Crippen molar-refractivity contribution in [2.45, 2.75) is 82.9 Å². The highest BCUT2D eigenvalue weighted by molar-refractivity contribution is 5.91.